The van der Waals surface area contributed by atoms with Gasteiger partial charge in [-0.2, -0.15) is 0 Å². The smallest absolute Gasteiger partial charge is 0.0373 e. The van der Waals surface area contributed by atoms with E-state index in [1.165, 1.54) is 68.3 Å². The number of nitrogens with zero attached hydrogens (tertiary/aromatic N) is 2. The van der Waals surface area contributed by atoms with Crippen molar-refractivity contribution in [1.82, 2.24) is 4.90 Å². The van der Waals surface area contributed by atoms with Crippen LogP contribution in [0.15, 0.2) is 42.5 Å². The third-order valence-electron chi connectivity index (χ3n) is 6.10. The zero-order chi connectivity index (χ0) is 15.2. The van der Waals surface area contributed by atoms with Crippen molar-refractivity contribution in [2.24, 2.45) is 11.8 Å². The minimum absolute atomic E-state index is 0.925. The molecule has 2 atom stereocenters. The number of fused-ring (bicyclic) bond motifs is 1. The quantitative estimate of drug-likeness (QED) is 0.837. The first kappa shape index (κ1) is 13.9. The van der Waals surface area contributed by atoms with Crippen LogP contribution in [0.5, 0.6) is 0 Å². The van der Waals surface area contributed by atoms with Crippen molar-refractivity contribution in [3.8, 4) is 0 Å². The average Bonchev–Trinajstić information content (AvgIpc) is 3.53. The maximum absolute atomic E-state index is 2.77. The molecule has 0 amide bonds. The van der Waals surface area contributed by atoms with Gasteiger partial charge in [0.15, 0.2) is 0 Å². The van der Waals surface area contributed by atoms with Crippen molar-refractivity contribution in [1.29, 1.82) is 0 Å². The first-order valence-corrected chi connectivity index (χ1v) is 9.34. The van der Waals surface area contributed by atoms with Crippen molar-refractivity contribution in [3.05, 3.63) is 42.5 Å². The predicted octanol–water partition coefficient (Wildman–Crippen LogP) is 4.15. The van der Waals surface area contributed by atoms with Gasteiger partial charge in [-0.1, -0.05) is 43.2 Å². The van der Waals surface area contributed by atoms with Gasteiger partial charge in [0.25, 0.3) is 0 Å². The summed E-state index contributed by atoms with van der Waals surface area (Å²) >= 11 is 0. The summed E-state index contributed by atoms with van der Waals surface area (Å²) in [4.78, 5) is 5.34. The Kier molecular flexibility index (Phi) is 3.33. The molecular formula is C21H26N2. The van der Waals surface area contributed by atoms with E-state index in [0.29, 0.717) is 0 Å². The normalized spacial score (nSPS) is 28.3. The van der Waals surface area contributed by atoms with E-state index in [4.69, 9.17) is 0 Å². The van der Waals surface area contributed by atoms with Crippen LogP contribution >= 0.6 is 0 Å². The molecule has 1 saturated heterocycles. The summed E-state index contributed by atoms with van der Waals surface area (Å²) in [6.07, 6.45) is 6.03. The fraction of sp³-hybridized carbons (Fsp3) is 0.524. The number of hydrogen-bond acceptors (Lipinski definition) is 2. The van der Waals surface area contributed by atoms with Gasteiger partial charge < -0.3 is 4.90 Å². The van der Waals surface area contributed by atoms with Gasteiger partial charge in [-0.25, -0.2) is 0 Å². The predicted molar refractivity (Wildman–Crippen MR) is 97.0 cm³/mol. The molecular weight excluding hydrogens is 280 g/mol. The van der Waals surface area contributed by atoms with Gasteiger partial charge in [-0.05, 0) is 47.6 Å². The minimum atomic E-state index is 0.925. The summed E-state index contributed by atoms with van der Waals surface area (Å²) < 4.78 is 0. The zero-order valence-electron chi connectivity index (χ0n) is 13.8. The second kappa shape index (κ2) is 5.52. The fourth-order valence-corrected chi connectivity index (χ4v) is 4.40. The van der Waals surface area contributed by atoms with E-state index in [-0.39, 0.29) is 0 Å². The molecule has 5 rings (SSSR count). The lowest BCUT2D eigenvalue weighted by Crippen LogP contribution is -2.47. The molecule has 2 saturated carbocycles. The Morgan fingerprint density at radius 1 is 0.870 bits per heavy atom. The van der Waals surface area contributed by atoms with Crippen LogP contribution in [0.2, 0.25) is 0 Å². The summed E-state index contributed by atoms with van der Waals surface area (Å²) in [5, 5.41) is 2.70. The molecule has 0 radical (unpaired) electrons. The summed E-state index contributed by atoms with van der Waals surface area (Å²) in [5.41, 5.74) is 1.40. The van der Waals surface area contributed by atoms with E-state index in [1.807, 2.05) is 0 Å². The summed E-state index contributed by atoms with van der Waals surface area (Å²) in [7, 11) is 0. The molecule has 2 nitrogen and oxygen atoms in total. The Labute approximate surface area is 139 Å². The van der Waals surface area contributed by atoms with Crippen molar-refractivity contribution in [2.75, 3.05) is 31.1 Å². The largest absolute Gasteiger partial charge is 0.369 e. The SMILES string of the molecule is c1ccc2cc(N3CCN([C@H]4C[C@@H]4CC4CC4)CC3)ccc2c1. The van der Waals surface area contributed by atoms with Gasteiger partial charge in [0.05, 0.1) is 0 Å². The molecule has 2 heteroatoms. The number of anilines is 1. The number of hydrogen-bond donors (Lipinski definition) is 0. The molecule has 0 spiro atoms. The molecule has 120 valence electrons. The molecule has 3 fully saturated rings. The highest BCUT2D eigenvalue weighted by molar-refractivity contribution is 5.85. The van der Waals surface area contributed by atoms with Crippen molar-refractivity contribution in [3.63, 3.8) is 0 Å². The van der Waals surface area contributed by atoms with Crippen LogP contribution in [-0.4, -0.2) is 37.1 Å². The first-order valence-electron chi connectivity index (χ1n) is 9.34. The van der Waals surface area contributed by atoms with Gasteiger partial charge >= 0.3 is 0 Å². The Morgan fingerprint density at radius 3 is 2.43 bits per heavy atom. The highest BCUT2D eigenvalue weighted by Gasteiger charge is 2.44. The lowest BCUT2D eigenvalue weighted by molar-refractivity contribution is 0.234. The highest BCUT2D eigenvalue weighted by Crippen LogP contribution is 2.47. The average molecular weight is 306 g/mol. The van der Waals surface area contributed by atoms with Crippen LogP contribution in [0, 0.1) is 11.8 Å². The van der Waals surface area contributed by atoms with Crippen molar-refractivity contribution >= 4 is 16.5 Å². The summed E-state index contributed by atoms with van der Waals surface area (Å²) in [6.45, 7) is 4.87. The van der Waals surface area contributed by atoms with Gasteiger partial charge in [0.1, 0.15) is 0 Å². The Balaban J connectivity index is 1.22. The number of piperazine rings is 1. The lowest BCUT2D eigenvalue weighted by Gasteiger charge is -2.36. The number of rotatable bonds is 4. The van der Waals surface area contributed by atoms with Gasteiger partial charge in [-0.3, -0.25) is 4.90 Å². The molecule has 0 aromatic heterocycles. The standard InChI is InChI=1S/C21H26N2/c1-2-4-18-14-20(8-7-17(18)3-1)22-9-11-23(12-10-22)21-15-19(21)13-16-5-6-16/h1-4,7-8,14,16,19,21H,5-6,9-13,15H2/t19-,21-/m0/s1. The topological polar surface area (TPSA) is 6.48 Å². The molecule has 2 aliphatic carbocycles. The van der Waals surface area contributed by atoms with E-state index in [0.717, 1.165) is 17.9 Å². The van der Waals surface area contributed by atoms with E-state index in [1.54, 1.807) is 0 Å². The van der Waals surface area contributed by atoms with E-state index < -0.39 is 0 Å². The van der Waals surface area contributed by atoms with Gasteiger partial charge in [0, 0.05) is 37.9 Å². The van der Waals surface area contributed by atoms with Crippen LogP contribution in [0.4, 0.5) is 5.69 Å². The van der Waals surface area contributed by atoms with E-state index in [2.05, 4.69) is 52.3 Å². The molecule has 23 heavy (non-hydrogen) atoms. The molecule has 2 aromatic rings. The van der Waals surface area contributed by atoms with Crippen LogP contribution in [-0.2, 0) is 0 Å². The van der Waals surface area contributed by atoms with E-state index >= 15 is 0 Å². The third-order valence-corrected chi connectivity index (χ3v) is 6.10. The molecule has 0 N–H and O–H groups in total. The lowest BCUT2D eigenvalue weighted by atomic mass is 10.1. The highest BCUT2D eigenvalue weighted by atomic mass is 15.3. The minimum Gasteiger partial charge on any atom is -0.369 e. The maximum atomic E-state index is 2.77. The third kappa shape index (κ3) is 2.85. The number of benzene rings is 2. The molecule has 3 aliphatic rings. The van der Waals surface area contributed by atoms with Crippen LogP contribution < -0.4 is 4.90 Å². The molecule has 1 aliphatic heterocycles. The van der Waals surface area contributed by atoms with Crippen molar-refractivity contribution in [2.45, 2.75) is 31.7 Å². The summed E-state index contributed by atoms with van der Waals surface area (Å²) in [5.74, 6) is 2.14. The van der Waals surface area contributed by atoms with Gasteiger partial charge in [-0.15, -0.1) is 0 Å². The van der Waals surface area contributed by atoms with Gasteiger partial charge in [0.2, 0.25) is 0 Å². The maximum Gasteiger partial charge on any atom is 0.0373 e. The van der Waals surface area contributed by atoms with E-state index in [9.17, 15) is 0 Å². The van der Waals surface area contributed by atoms with Crippen LogP contribution in [0.1, 0.15) is 25.7 Å². The zero-order valence-corrected chi connectivity index (χ0v) is 13.8. The molecule has 0 unspecified atom stereocenters. The summed E-state index contributed by atoms with van der Waals surface area (Å²) in [6, 6.07) is 16.5. The Morgan fingerprint density at radius 2 is 1.65 bits per heavy atom. The second-order valence-electron chi connectivity index (χ2n) is 7.80. The Bertz CT molecular complexity index is 698. The second-order valence-corrected chi connectivity index (χ2v) is 7.80. The first-order chi connectivity index (χ1) is 11.4. The van der Waals surface area contributed by atoms with Crippen molar-refractivity contribution < 1.29 is 0 Å². The van der Waals surface area contributed by atoms with Crippen LogP contribution in [0.25, 0.3) is 10.8 Å². The molecule has 2 aromatic carbocycles. The molecule has 1 heterocycles. The Hall–Kier alpha value is -1.54. The van der Waals surface area contributed by atoms with Crippen LogP contribution in [0.3, 0.4) is 0 Å². The monoisotopic (exact) mass is 306 g/mol. The fourth-order valence-electron chi connectivity index (χ4n) is 4.40. The molecule has 0 bridgehead atoms.